The number of para-hydroxylation sites is 2. The number of aromatic amines is 1. The van der Waals surface area contributed by atoms with Crippen LogP contribution in [0, 0.1) is 11.3 Å². The first-order valence-electron chi connectivity index (χ1n) is 9.18. The predicted octanol–water partition coefficient (Wildman–Crippen LogP) is 4.22. The van der Waals surface area contributed by atoms with Crippen LogP contribution in [-0.4, -0.2) is 28.4 Å². The summed E-state index contributed by atoms with van der Waals surface area (Å²) < 4.78 is 5.05. The van der Waals surface area contributed by atoms with Gasteiger partial charge in [-0.25, -0.2) is 9.80 Å². The molecule has 0 spiro atoms. The molecule has 2 heterocycles. The smallest absolute Gasteiger partial charge is 0.365 e. The quantitative estimate of drug-likeness (QED) is 0.289. The lowest BCUT2D eigenvalue weighted by Gasteiger charge is -2.16. The van der Waals surface area contributed by atoms with Crippen molar-refractivity contribution in [2.24, 2.45) is 5.10 Å². The van der Waals surface area contributed by atoms with Gasteiger partial charge in [0.2, 0.25) is 10.8 Å². The van der Waals surface area contributed by atoms with Gasteiger partial charge in [0.15, 0.2) is 0 Å². The normalized spacial score (nSPS) is 14.9. The fraction of sp³-hybridized carbons (Fsp3) is 0.0909. The average Bonchev–Trinajstić information content (AvgIpc) is 3.40. The van der Waals surface area contributed by atoms with Crippen molar-refractivity contribution in [2.45, 2.75) is 6.92 Å². The number of esters is 1. The molecule has 1 aliphatic rings. The summed E-state index contributed by atoms with van der Waals surface area (Å²) in [6.07, 6.45) is 1.59. The fourth-order valence-electron chi connectivity index (χ4n) is 3.06. The number of H-pyrrole nitrogens is 1. The van der Waals surface area contributed by atoms with E-state index < -0.39 is 11.8 Å². The topological polar surface area (TPSA) is 98.5 Å². The van der Waals surface area contributed by atoms with Crippen molar-refractivity contribution >= 4 is 45.1 Å². The maximum atomic E-state index is 13.3. The number of anilines is 1. The molecule has 2 aromatic carbocycles. The van der Waals surface area contributed by atoms with Crippen LogP contribution >= 0.6 is 11.8 Å². The number of rotatable bonds is 5. The van der Waals surface area contributed by atoms with Crippen LogP contribution in [-0.2, 0) is 9.53 Å². The number of ether oxygens (including phenoxy) is 1. The maximum Gasteiger partial charge on any atom is 0.365 e. The van der Waals surface area contributed by atoms with Gasteiger partial charge in [0, 0.05) is 22.7 Å². The molecule has 8 heteroatoms. The van der Waals surface area contributed by atoms with Crippen molar-refractivity contribution in [3.8, 4) is 6.07 Å². The van der Waals surface area contributed by atoms with Crippen molar-refractivity contribution in [3.05, 3.63) is 77.0 Å². The third kappa shape index (κ3) is 3.47. The van der Waals surface area contributed by atoms with E-state index in [1.54, 1.807) is 25.3 Å². The minimum atomic E-state index is -0.602. The fourth-order valence-corrected chi connectivity index (χ4v) is 3.98. The summed E-state index contributed by atoms with van der Waals surface area (Å²) in [4.78, 5) is 28.6. The number of ketones is 1. The van der Waals surface area contributed by atoms with Crippen LogP contribution in [0.5, 0.6) is 0 Å². The molecule has 1 aromatic heterocycles. The molecule has 0 bridgehead atoms. The predicted molar refractivity (Wildman–Crippen MR) is 116 cm³/mol. The Morgan fingerprint density at radius 2 is 1.90 bits per heavy atom. The Bertz CT molecular complexity index is 1240. The Hall–Kier alpha value is -3.83. The molecule has 0 atom stereocenters. The molecule has 0 amide bonds. The highest BCUT2D eigenvalue weighted by Crippen LogP contribution is 2.38. The molecule has 7 nitrogen and oxygen atoms in total. The van der Waals surface area contributed by atoms with Crippen LogP contribution < -0.4 is 5.01 Å². The van der Waals surface area contributed by atoms with Crippen molar-refractivity contribution in [3.63, 3.8) is 0 Å². The van der Waals surface area contributed by atoms with Crippen molar-refractivity contribution in [1.82, 2.24) is 4.98 Å². The molecule has 1 N–H and O–H groups in total. The Balaban J connectivity index is 1.82. The van der Waals surface area contributed by atoms with Gasteiger partial charge in [0.05, 0.1) is 12.3 Å². The van der Waals surface area contributed by atoms with Crippen molar-refractivity contribution in [2.75, 3.05) is 11.6 Å². The molecule has 0 aliphatic carbocycles. The Kier molecular flexibility index (Phi) is 5.37. The number of fused-ring (bicyclic) bond motifs is 1. The van der Waals surface area contributed by atoms with Crippen molar-refractivity contribution < 1.29 is 14.3 Å². The van der Waals surface area contributed by atoms with Gasteiger partial charge in [-0.05, 0) is 36.9 Å². The second kappa shape index (κ2) is 8.27. The summed E-state index contributed by atoms with van der Waals surface area (Å²) in [7, 11) is 0. The van der Waals surface area contributed by atoms with Gasteiger partial charge < -0.3 is 9.72 Å². The van der Waals surface area contributed by atoms with E-state index in [1.807, 2.05) is 48.5 Å². The van der Waals surface area contributed by atoms with E-state index in [-0.39, 0.29) is 22.3 Å². The third-order valence-corrected chi connectivity index (χ3v) is 5.43. The van der Waals surface area contributed by atoms with Gasteiger partial charge in [-0.3, -0.25) is 4.79 Å². The first-order valence-corrected chi connectivity index (χ1v) is 9.99. The van der Waals surface area contributed by atoms with Gasteiger partial charge in [-0.15, -0.1) is 0 Å². The highest BCUT2D eigenvalue weighted by atomic mass is 32.2. The van der Waals surface area contributed by atoms with E-state index in [0.29, 0.717) is 11.3 Å². The molecule has 0 saturated heterocycles. The zero-order valence-electron chi connectivity index (χ0n) is 16.0. The van der Waals surface area contributed by atoms with Crippen LogP contribution in [0.4, 0.5) is 5.69 Å². The van der Waals surface area contributed by atoms with E-state index in [4.69, 9.17) is 4.74 Å². The largest absolute Gasteiger partial charge is 0.461 e. The minimum absolute atomic E-state index is 0.0650. The number of thioether (sulfide) groups is 1. The molecule has 4 rings (SSSR count). The number of nitrogens with zero attached hydrogens (tertiary/aromatic N) is 3. The van der Waals surface area contributed by atoms with Gasteiger partial charge in [-0.2, -0.15) is 10.4 Å². The number of hydrogen-bond donors (Lipinski definition) is 1. The second-order valence-corrected chi connectivity index (χ2v) is 7.22. The second-order valence-electron chi connectivity index (χ2n) is 6.24. The van der Waals surface area contributed by atoms with E-state index in [2.05, 4.69) is 10.1 Å². The van der Waals surface area contributed by atoms with Gasteiger partial charge in [-0.1, -0.05) is 36.4 Å². The zero-order chi connectivity index (χ0) is 21.1. The number of hydrazone groups is 1. The number of allylic oxidation sites excluding steroid dienone is 1. The summed E-state index contributed by atoms with van der Waals surface area (Å²) in [6, 6.07) is 18.4. The maximum absolute atomic E-state index is 13.3. The zero-order valence-corrected chi connectivity index (χ0v) is 16.8. The van der Waals surface area contributed by atoms with Crippen LogP contribution in [0.25, 0.3) is 10.9 Å². The molecule has 1 aliphatic heterocycles. The van der Waals surface area contributed by atoms with Gasteiger partial charge in [0.25, 0.3) is 0 Å². The van der Waals surface area contributed by atoms with E-state index in [1.165, 1.54) is 5.01 Å². The minimum Gasteiger partial charge on any atom is -0.461 e. The molecular weight excluding hydrogens is 400 g/mol. The molecule has 0 fully saturated rings. The summed E-state index contributed by atoms with van der Waals surface area (Å²) in [6.45, 7) is 1.90. The molecule has 3 aromatic rings. The van der Waals surface area contributed by atoms with Gasteiger partial charge in [0.1, 0.15) is 16.7 Å². The summed E-state index contributed by atoms with van der Waals surface area (Å²) in [5, 5.41) is 16.7. The first kappa shape index (κ1) is 19.5. The Morgan fingerprint density at radius 1 is 1.17 bits per heavy atom. The van der Waals surface area contributed by atoms with Crippen LogP contribution in [0.15, 0.2) is 76.5 Å². The molecular formula is C22H16N4O3S. The number of Topliss-reactive ketones (excluding diaryl/α,β-unsaturated/α-hetero) is 1. The molecule has 0 unspecified atom stereocenters. The van der Waals surface area contributed by atoms with Crippen LogP contribution in [0.1, 0.15) is 17.3 Å². The first-order chi connectivity index (χ1) is 14.6. The number of nitriles is 1. The summed E-state index contributed by atoms with van der Waals surface area (Å²) in [5.74, 6) is -1.05. The Morgan fingerprint density at radius 3 is 2.63 bits per heavy atom. The molecule has 30 heavy (non-hydrogen) atoms. The SMILES string of the molecule is CCOC(=O)C1=NN(c2ccccc2)/C(=C(\C#N)C(=O)c2c[nH]c3ccccc23)S1. The van der Waals surface area contributed by atoms with E-state index in [9.17, 15) is 14.9 Å². The number of carbonyl (C=O) groups is 2. The highest BCUT2D eigenvalue weighted by molar-refractivity contribution is 8.19. The number of nitrogens with one attached hydrogen (secondary N) is 1. The summed E-state index contributed by atoms with van der Waals surface area (Å²) in [5.41, 5.74) is 1.70. The highest BCUT2D eigenvalue weighted by Gasteiger charge is 2.34. The lowest BCUT2D eigenvalue weighted by molar-refractivity contribution is -0.134. The number of benzene rings is 2. The van der Waals surface area contributed by atoms with E-state index in [0.717, 1.165) is 22.7 Å². The lowest BCUT2D eigenvalue weighted by Crippen LogP contribution is -2.15. The number of carbonyl (C=O) groups excluding carboxylic acids is 2. The molecule has 0 saturated carbocycles. The summed E-state index contributed by atoms with van der Waals surface area (Å²) >= 11 is 0.953. The Labute approximate surface area is 176 Å². The number of aromatic nitrogens is 1. The van der Waals surface area contributed by atoms with E-state index >= 15 is 0 Å². The monoisotopic (exact) mass is 416 g/mol. The van der Waals surface area contributed by atoms with Gasteiger partial charge >= 0.3 is 5.97 Å². The number of hydrogen-bond acceptors (Lipinski definition) is 7. The van der Waals surface area contributed by atoms with Crippen LogP contribution in [0.2, 0.25) is 0 Å². The lowest BCUT2D eigenvalue weighted by atomic mass is 10.0. The molecule has 148 valence electrons. The van der Waals surface area contributed by atoms with Crippen molar-refractivity contribution in [1.29, 1.82) is 5.26 Å². The third-order valence-electron chi connectivity index (χ3n) is 4.41. The van der Waals surface area contributed by atoms with Crippen LogP contribution in [0.3, 0.4) is 0 Å². The molecule has 0 radical (unpaired) electrons. The average molecular weight is 416 g/mol. The standard InChI is InChI=1S/C22H16N4O3S/c1-2-29-22(28)20-25-26(14-8-4-3-5-9-14)21(30-20)16(12-23)19(27)17-13-24-18-11-7-6-10-15(17)18/h3-11,13,24H,2H2,1H3/b21-16-.